The second-order valence-corrected chi connectivity index (χ2v) is 5.00. The van der Waals surface area contributed by atoms with Crippen molar-refractivity contribution in [2.75, 3.05) is 18.9 Å². The molecule has 0 amide bonds. The Morgan fingerprint density at radius 2 is 2.11 bits per heavy atom. The summed E-state index contributed by atoms with van der Waals surface area (Å²) in [6.45, 7) is 7.07. The highest BCUT2D eigenvalue weighted by Gasteiger charge is 2.28. The Hall–Kier alpha value is -1.22. The van der Waals surface area contributed by atoms with Gasteiger partial charge in [0.15, 0.2) is 0 Å². The Labute approximate surface area is 110 Å². The molecule has 1 aromatic rings. The Bertz CT molecular complexity index is 388. The van der Waals surface area contributed by atoms with Crippen LogP contribution in [0.3, 0.4) is 0 Å². The van der Waals surface area contributed by atoms with Crippen LogP contribution in [0.15, 0.2) is 18.2 Å². The van der Waals surface area contributed by atoms with Crippen molar-refractivity contribution in [2.24, 2.45) is 0 Å². The van der Waals surface area contributed by atoms with Crippen molar-refractivity contribution in [3.63, 3.8) is 0 Å². The summed E-state index contributed by atoms with van der Waals surface area (Å²) in [6.07, 6.45) is 3.88. The van der Waals surface area contributed by atoms with Crippen molar-refractivity contribution in [1.29, 1.82) is 0 Å². The van der Waals surface area contributed by atoms with Crippen molar-refractivity contribution in [3.8, 4) is 5.75 Å². The van der Waals surface area contributed by atoms with Crippen LogP contribution < -0.4 is 10.5 Å². The van der Waals surface area contributed by atoms with Crippen molar-refractivity contribution in [3.05, 3.63) is 23.8 Å². The van der Waals surface area contributed by atoms with Gasteiger partial charge < -0.3 is 10.5 Å². The normalized spacial score (nSPS) is 15.1. The molecule has 0 saturated heterocycles. The molecule has 0 unspecified atom stereocenters. The van der Waals surface area contributed by atoms with E-state index in [2.05, 4.69) is 17.9 Å². The van der Waals surface area contributed by atoms with E-state index >= 15 is 0 Å². The first-order valence-corrected chi connectivity index (χ1v) is 6.99. The number of hydrogen-bond donors (Lipinski definition) is 1. The molecule has 0 radical (unpaired) electrons. The van der Waals surface area contributed by atoms with Crippen molar-refractivity contribution >= 4 is 5.69 Å². The van der Waals surface area contributed by atoms with E-state index in [1.54, 1.807) is 0 Å². The van der Waals surface area contributed by atoms with Crippen LogP contribution in [0.4, 0.5) is 5.69 Å². The lowest BCUT2D eigenvalue weighted by Gasteiger charge is -2.23. The van der Waals surface area contributed by atoms with Crippen LogP contribution in [0.2, 0.25) is 0 Å². The van der Waals surface area contributed by atoms with Crippen LogP contribution in [0.1, 0.15) is 38.7 Å². The second kappa shape index (κ2) is 6.10. The number of ether oxygens (including phenoxy) is 1. The maximum Gasteiger partial charge on any atom is 0.123 e. The number of nitrogens with two attached hydrogens (primary N) is 1. The smallest absolute Gasteiger partial charge is 0.123 e. The molecule has 2 N–H and O–H groups in total. The fourth-order valence-electron chi connectivity index (χ4n) is 2.36. The van der Waals surface area contributed by atoms with Gasteiger partial charge in [-0.3, -0.25) is 4.90 Å². The molecule has 1 aromatic carbocycles. The standard InChI is InChI=1S/C15H24N2O/c1-3-9-17(14-6-7-14)11-12-10-13(16)5-8-15(12)18-4-2/h5,8,10,14H,3-4,6-7,9,11,16H2,1-2H3. The third-order valence-corrected chi connectivity index (χ3v) is 3.33. The van der Waals surface area contributed by atoms with Crippen LogP contribution in [0, 0.1) is 0 Å². The number of hydrogen-bond acceptors (Lipinski definition) is 3. The molecule has 0 atom stereocenters. The lowest BCUT2D eigenvalue weighted by molar-refractivity contribution is 0.248. The first-order chi connectivity index (χ1) is 8.74. The van der Waals surface area contributed by atoms with Gasteiger partial charge in [-0.2, -0.15) is 0 Å². The second-order valence-electron chi connectivity index (χ2n) is 5.00. The fraction of sp³-hybridized carbons (Fsp3) is 0.600. The molecule has 3 nitrogen and oxygen atoms in total. The van der Waals surface area contributed by atoms with E-state index in [1.165, 1.54) is 24.8 Å². The van der Waals surface area contributed by atoms with Gasteiger partial charge in [0.05, 0.1) is 6.61 Å². The number of anilines is 1. The van der Waals surface area contributed by atoms with Gasteiger partial charge in [0.2, 0.25) is 0 Å². The van der Waals surface area contributed by atoms with Crippen molar-refractivity contribution < 1.29 is 4.74 Å². The van der Waals surface area contributed by atoms with Gasteiger partial charge in [0, 0.05) is 23.8 Å². The van der Waals surface area contributed by atoms with E-state index in [0.717, 1.165) is 30.6 Å². The minimum absolute atomic E-state index is 0.703. The van der Waals surface area contributed by atoms with Crippen molar-refractivity contribution in [2.45, 2.75) is 45.7 Å². The molecule has 0 aliphatic heterocycles. The summed E-state index contributed by atoms with van der Waals surface area (Å²) in [5.41, 5.74) is 7.93. The zero-order valence-electron chi connectivity index (χ0n) is 11.5. The number of rotatable bonds is 7. The monoisotopic (exact) mass is 248 g/mol. The average Bonchev–Trinajstić information content (AvgIpc) is 3.16. The summed E-state index contributed by atoms with van der Waals surface area (Å²) in [5.74, 6) is 0.980. The van der Waals surface area contributed by atoms with E-state index < -0.39 is 0 Å². The fourth-order valence-corrected chi connectivity index (χ4v) is 2.36. The zero-order chi connectivity index (χ0) is 13.0. The molecule has 1 saturated carbocycles. The maximum atomic E-state index is 5.89. The molecular weight excluding hydrogens is 224 g/mol. The molecule has 0 heterocycles. The van der Waals surface area contributed by atoms with E-state index in [9.17, 15) is 0 Å². The quantitative estimate of drug-likeness (QED) is 0.754. The van der Waals surface area contributed by atoms with Gasteiger partial charge >= 0.3 is 0 Å². The largest absolute Gasteiger partial charge is 0.494 e. The van der Waals surface area contributed by atoms with Crippen LogP contribution in [0.5, 0.6) is 5.75 Å². The molecule has 2 rings (SSSR count). The predicted octanol–water partition coefficient (Wildman–Crippen LogP) is 3.04. The molecule has 0 spiro atoms. The Balaban J connectivity index is 2.11. The Morgan fingerprint density at radius 3 is 2.72 bits per heavy atom. The summed E-state index contributed by atoms with van der Waals surface area (Å²) in [7, 11) is 0. The molecule has 100 valence electrons. The van der Waals surface area contributed by atoms with Crippen LogP contribution in [0.25, 0.3) is 0 Å². The van der Waals surface area contributed by atoms with E-state index in [1.807, 2.05) is 19.1 Å². The molecule has 18 heavy (non-hydrogen) atoms. The van der Waals surface area contributed by atoms with Gasteiger partial charge in [-0.1, -0.05) is 6.92 Å². The molecular formula is C15H24N2O. The predicted molar refractivity (Wildman–Crippen MR) is 75.7 cm³/mol. The summed E-state index contributed by atoms with van der Waals surface area (Å²) >= 11 is 0. The molecule has 1 aliphatic carbocycles. The van der Waals surface area contributed by atoms with Gasteiger partial charge in [0.25, 0.3) is 0 Å². The summed E-state index contributed by atoms with van der Waals surface area (Å²) in [4.78, 5) is 2.55. The molecule has 1 fully saturated rings. The zero-order valence-corrected chi connectivity index (χ0v) is 11.5. The summed E-state index contributed by atoms with van der Waals surface area (Å²) in [5, 5.41) is 0. The third kappa shape index (κ3) is 3.39. The highest BCUT2D eigenvalue weighted by atomic mass is 16.5. The first-order valence-electron chi connectivity index (χ1n) is 6.99. The number of nitrogen functional groups attached to an aromatic ring is 1. The van der Waals surface area contributed by atoms with Gasteiger partial charge in [-0.25, -0.2) is 0 Å². The van der Waals surface area contributed by atoms with Crippen LogP contribution in [-0.4, -0.2) is 24.1 Å². The lowest BCUT2D eigenvalue weighted by atomic mass is 10.1. The Kier molecular flexibility index (Phi) is 4.48. The van der Waals surface area contributed by atoms with Gasteiger partial charge in [-0.05, 0) is 50.9 Å². The first kappa shape index (κ1) is 13.2. The molecule has 1 aliphatic rings. The average molecular weight is 248 g/mol. The Morgan fingerprint density at radius 1 is 1.33 bits per heavy atom. The van der Waals surface area contributed by atoms with Crippen LogP contribution >= 0.6 is 0 Å². The van der Waals surface area contributed by atoms with E-state index in [-0.39, 0.29) is 0 Å². The van der Waals surface area contributed by atoms with Gasteiger partial charge in [-0.15, -0.1) is 0 Å². The van der Waals surface area contributed by atoms with E-state index in [0.29, 0.717) is 6.61 Å². The van der Waals surface area contributed by atoms with Crippen molar-refractivity contribution in [1.82, 2.24) is 4.90 Å². The third-order valence-electron chi connectivity index (χ3n) is 3.33. The number of nitrogens with zero attached hydrogens (tertiary/aromatic N) is 1. The highest BCUT2D eigenvalue weighted by Crippen LogP contribution is 2.31. The number of benzene rings is 1. The minimum Gasteiger partial charge on any atom is -0.494 e. The lowest BCUT2D eigenvalue weighted by Crippen LogP contribution is -2.26. The topological polar surface area (TPSA) is 38.5 Å². The van der Waals surface area contributed by atoms with Crippen LogP contribution in [-0.2, 0) is 6.54 Å². The summed E-state index contributed by atoms with van der Waals surface area (Å²) in [6, 6.07) is 6.73. The van der Waals surface area contributed by atoms with Gasteiger partial charge in [0.1, 0.15) is 5.75 Å². The van der Waals surface area contributed by atoms with E-state index in [4.69, 9.17) is 10.5 Å². The highest BCUT2D eigenvalue weighted by molar-refractivity contribution is 5.47. The molecule has 3 heteroatoms. The minimum atomic E-state index is 0.703. The molecule has 0 aromatic heterocycles. The molecule has 0 bridgehead atoms. The SMILES string of the molecule is CCCN(Cc1cc(N)ccc1OCC)C1CC1. The maximum absolute atomic E-state index is 5.89. The summed E-state index contributed by atoms with van der Waals surface area (Å²) < 4.78 is 5.69.